The van der Waals surface area contributed by atoms with Crippen molar-refractivity contribution in [2.75, 3.05) is 49.7 Å². The number of hydrogen-bond donors (Lipinski definition) is 4. The van der Waals surface area contributed by atoms with Gasteiger partial charge in [-0.3, -0.25) is 0 Å². The largest absolute Gasteiger partial charge is 0.493 e. The van der Waals surface area contributed by atoms with Gasteiger partial charge in [-0.25, -0.2) is 4.98 Å². The van der Waals surface area contributed by atoms with Crippen LogP contribution in [0.15, 0.2) is 36.4 Å². The summed E-state index contributed by atoms with van der Waals surface area (Å²) in [7, 11) is 1.67. The van der Waals surface area contributed by atoms with Gasteiger partial charge < -0.3 is 31.2 Å². The number of nitrogens with zero attached hydrogens (tertiary/aromatic N) is 1. The normalized spacial score (nSPS) is 10.8. The van der Waals surface area contributed by atoms with Crippen LogP contribution in [-0.4, -0.2) is 38.3 Å². The molecule has 0 radical (unpaired) electrons. The lowest BCUT2D eigenvalue weighted by Gasteiger charge is -2.18. The molecule has 0 bridgehead atoms. The van der Waals surface area contributed by atoms with Gasteiger partial charge in [-0.05, 0) is 82.5 Å². The lowest BCUT2D eigenvalue weighted by Crippen LogP contribution is -2.24. The van der Waals surface area contributed by atoms with Crippen molar-refractivity contribution in [3.63, 3.8) is 0 Å². The number of aryl methyl sites for hydroxylation is 4. The van der Waals surface area contributed by atoms with Gasteiger partial charge in [-0.1, -0.05) is 23.8 Å². The van der Waals surface area contributed by atoms with Crippen LogP contribution in [0.25, 0.3) is 0 Å². The minimum atomic E-state index is 0.620. The molecule has 1 heterocycles. The summed E-state index contributed by atoms with van der Waals surface area (Å²) in [4.78, 5) is 4.65. The fourth-order valence-corrected chi connectivity index (χ4v) is 4.21. The van der Waals surface area contributed by atoms with Crippen LogP contribution in [0, 0.1) is 27.7 Å². The Morgan fingerprint density at radius 3 is 2.34 bits per heavy atom. The van der Waals surface area contributed by atoms with Gasteiger partial charge in [0.2, 0.25) is 0 Å². The van der Waals surface area contributed by atoms with E-state index in [9.17, 15) is 0 Å². The Labute approximate surface area is 209 Å². The first-order valence-electron chi connectivity index (χ1n) is 12.2. The van der Waals surface area contributed by atoms with Gasteiger partial charge in [-0.15, -0.1) is 0 Å². The Morgan fingerprint density at radius 2 is 1.66 bits per heavy atom. The molecule has 3 aromatic rings. The first kappa shape index (κ1) is 26.2. The van der Waals surface area contributed by atoms with Crippen LogP contribution < -0.4 is 31.2 Å². The number of nitrogens with two attached hydrogens (primary N) is 1. The van der Waals surface area contributed by atoms with Crippen LogP contribution in [0.2, 0.25) is 0 Å². The van der Waals surface area contributed by atoms with Gasteiger partial charge in [-0.2, -0.15) is 0 Å². The minimum absolute atomic E-state index is 0.620. The molecule has 0 saturated heterocycles. The average molecular weight is 478 g/mol. The third-order valence-electron chi connectivity index (χ3n) is 5.84. The molecular weight excluding hydrogens is 438 g/mol. The number of pyridine rings is 1. The molecular formula is C28H39N5O2. The number of benzene rings is 2. The molecule has 1 aromatic heterocycles. The molecule has 0 aliphatic rings. The summed E-state index contributed by atoms with van der Waals surface area (Å²) < 4.78 is 11.0. The second-order valence-electron chi connectivity index (χ2n) is 8.82. The molecule has 0 aliphatic carbocycles. The molecule has 3 rings (SSSR count). The maximum absolute atomic E-state index is 6.48. The van der Waals surface area contributed by atoms with Crippen LogP contribution in [0.3, 0.4) is 0 Å². The number of aromatic nitrogens is 1. The molecule has 188 valence electrons. The first-order chi connectivity index (χ1) is 16.8. The predicted molar refractivity (Wildman–Crippen MR) is 147 cm³/mol. The highest BCUT2D eigenvalue weighted by Gasteiger charge is 2.12. The van der Waals surface area contributed by atoms with Crippen molar-refractivity contribution in [2.24, 2.45) is 0 Å². The molecule has 0 saturated carbocycles. The number of methoxy groups -OCH3 is 1. The van der Waals surface area contributed by atoms with E-state index in [1.54, 1.807) is 7.11 Å². The zero-order chi connectivity index (χ0) is 25.4. The smallest absolute Gasteiger partial charge is 0.161 e. The molecule has 2 aromatic carbocycles. The Hall–Kier alpha value is -3.45. The Bertz CT molecular complexity index is 1120. The maximum Gasteiger partial charge on any atom is 0.161 e. The number of hydrogen-bond acceptors (Lipinski definition) is 7. The Kier molecular flexibility index (Phi) is 9.20. The standard InChI is InChI=1S/C28H39N5O2/c1-7-35-24-9-8-22(17-25(24)34-6)10-11-30-12-13-31-23-16-21(5)32-28(26(23)29)33-27-19(3)14-18(2)15-20(27)4/h8-9,14-17,30H,7,10-13,29H2,1-6H3,(H2,31,32,33). The van der Waals surface area contributed by atoms with Crippen molar-refractivity contribution in [1.82, 2.24) is 10.3 Å². The number of ether oxygens (including phenoxy) is 2. The highest BCUT2D eigenvalue weighted by atomic mass is 16.5. The van der Waals surface area contributed by atoms with Crippen molar-refractivity contribution < 1.29 is 9.47 Å². The summed E-state index contributed by atoms with van der Waals surface area (Å²) in [5.74, 6) is 2.23. The van der Waals surface area contributed by atoms with Crippen molar-refractivity contribution in [2.45, 2.75) is 41.0 Å². The quantitative estimate of drug-likeness (QED) is 0.263. The highest BCUT2D eigenvalue weighted by Crippen LogP contribution is 2.32. The Balaban J connectivity index is 1.53. The molecule has 0 unspecified atom stereocenters. The molecule has 0 atom stereocenters. The van der Waals surface area contributed by atoms with E-state index in [0.717, 1.165) is 54.6 Å². The lowest BCUT2D eigenvalue weighted by molar-refractivity contribution is 0.310. The molecule has 7 nitrogen and oxygen atoms in total. The summed E-state index contributed by atoms with van der Waals surface area (Å²) in [5.41, 5.74) is 14.7. The SMILES string of the molecule is CCOc1ccc(CCNCCNc2cc(C)nc(Nc3c(C)cc(C)cc3C)c2N)cc1OC. The third-order valence-corrected chi connectivity index (χ3v) is 5.84. The van der Waals surface area contributed by atoms with Crippen LogP contribution in [-0.2, 0) is 6.42 Å². The van der Waals surface area contributed by atoms with Gasteiger partial charge in [0.05, 0.1) is 25.1 Å². The van der Waals surface area contributed by atoms with Gasteiger partial charge in [0, 0.05) is 24.5 Å². The summed E-state index contributed by atoms with van der Waals surface area (Å²) in [6.07, 6.45) is 0.905. The number of anilines is 4. The highest BCUT2D eigenvalue weighted by molar-refractivity contribution is 5.82. The lowest BCUT2D eigenvalue weighted by atomic mass is 10.0. The monoisotopic (exact) mass is 477 g/mol. The van der Waals surface area contributed by atoms with E-state index in [1.165, 1.54) is 22.3 Å². The summed E-state index contributed by atoms with van der Waals surface area (Å²) >= 11 is 0. The van der Waals surface area contributed by atoms with E-state index < -0.39 is 0 Å². The van der Waals surface area contributed by atoms with Crippen LogP contribution >= 0.6 is 0 Å². The summed E-state index contributed by atoms with van der Waals surface area (Å²) in [6.45, 7) is 13.3. The molecule has 35 heavy (non-hydrogen) atoms. The minimum Gasteiger partial charge on any atom is -0.493 e. The summed E-state index contributed by atoms with van der Waals surface area (Å²) in [5, 5.41) is 10.4. The number of nitrogens with one attached hydrogen (secondary N) is 3. The van der Waals surface area contributed by atoms with E-state index in [0.29, 0.717) is 18.1 Å². The van der Waals surface area contributed by atoms with E-state index in [1.807, 2.05) is 32.0 Å². The fraction of sp³-hybridized carbons (Fsp3) is 0.393. The predicted octanol–water partition coefficient (Wildman–Crippen LogP) is 5.29. The van der Waals surface area contributed by atoms with Gasteiger partial charge in [0.15, 0.2) is 17.3 Å². The fourth-order valence-electron chi connectivity index (χ4n) is 4.21. The van der Waals surface area contributed by atoms with Gasteiger partial charge in [0.1, 0.15) is 0 Å². The maximum atomic E-state index is 6.48. The third kappa shape index (κ3) is 7.02. The topological polar surface area (TPSA) is 93.5 Å². The van der Waals surface area contributed by atoms with Crippen LogP contribution in [0.4, 0.5) is 22.9 Å². The van der Waals surface area contributed by atoms with Gasteiger partial charge in [0.25, 0.3) is 0 Å². The van der Waals surface area contributed by atoms with E-state index in [2.05, 4.69) is 59.9 Å². The molecule has 0 spiro atoms. The van der Waals surface area contributed by atoms with Crippen LogP contribution in [0.5, 0.6) is 11.5 Å². The van der Waals surface area contributed by atoms with E-state index in [4.69, 9.17) is 15.2 Å². The van der Waals surface area contributed by atoms with E-state index in [-0.39, 0.29) is 0 Å². The second kappa shape index (κ2) is 12.3. The Morgan fingerprint density at radius 1 is 0.914 bits per heavy atom. The van der Waals surface area contributed by atoms with Crippen molar-refractivity contribution >= 4 is 22.9 Å². The second-order valence-corrected chi connectivity index (χ2v) is 8.82. The average Bonchev–Trinajstić information content (AvgIpc) is 2.81. The zero-order valence-corrected chi connectivity index (χ0v) is 21.8. The number of nitrogen functional groups attached to an aromatic ring is 1. The zero-order valence-electron chi connectivity index (χ0n) is 21.8. The molecule has 0 aliphatic heterocycles. The van der Waals surface area contributed by atoms with Crippen LogP contribution in [0.1, 0.15) is 34.9 Å². The van der Waals surface area contributed by atoms with Crippen molar-refractivity contribution in [3.05, 3.63) is 64.3 Å². The molecule has 5 N–H and O–H groups in total. The van der Waals surface area contributed by atoms with Crippen molar-refractivity contribution in [1.29, 1.82) is 0 Å². The molecule has 7 heteroatoms. The van der Waals surface area contributed by atoms with Crippen molar-refractivity contribution in [3.8, 4) is 11.5 Å². The summed E-state index contributed by atoms with van der Waals surface area (Å²) in [6, 6.07) is 12.4. The number of rotatable bonds is 12. The van der Waals surface area contributed by atoms with Gasteiger partial charge >= 0.3 is 0 Å². The first-order valence-corrected chi connectivity index (χ1v) is 12.2. The van der Waals surface area contributed by atoms with E-state index >= 15 is 0 Å². The molecule has 0 fully saturated rings. The molecule has 0 amide bonds.